The number of carbonyl (C=O) groups excluding carboxylic acids is 1. The Kier molecular flexibility index (Phi) is 6.27. The van der Waals surface area contributed by atoms with Crippen LogP contribution in [0.4, 0.5) is 4.39 Å². The van der Waals surface area contributed by atoms with Gasteiger partial charge in [0, 0.05) is 19.0 Å². The minimum atomic E-state index is -0.313. The quantitative estimate of drug-likeness (QED) is 0.632. The number of aromatic nitrogens is 3. The van der Waals surface area contributed by atoms with Gasteiger partial charge in [-0.15, -0.1) is 0 Å². The molecule has 1 aliphatic rings. The van der Waals surface area contributed by atoms with Crippen molar-refractivity contribution in [2.45, 2.75) is 51.4 Å². The van der Waals surface area contributed by atoms with E-state index in [-0.39, 0.29) is 36.5 Å². The van der Waals surface area contributed by atoms with Crippen LogP contribution in [0.5, 0.6) is 0 Å². The number of nitrogens with zero attached hydrogens (tertiary/aromatic N) is 3. The monoisotopic (exact) mass is 424 g/mol. The first kappa shape index (κ1) is 21.0. The summed E-state index contributed by atoms with van der Waals surface area (Å²) >= 11 is 0. The van der Waals surface area contributed by atoms with Crippen LogP contribution in [-0.4, -0.2) is 31.4 Å². The molecule has 1 unspecified atom stereocenters. The zero-order valence-corrected chi connectivity index (χ0v) is 17.1. The third-order valence-electron chi connectivity index (χ3n) is 5.60. The SMILES string of the molecule is O=C(Cc1ccc(CO)cc1)NC1CCc2nn(Cc3ccc(F)cc3)c(=O)n2CC1. The van der Waals surface area contributed by atoms with E-state index in [2.05, 4.69) is 10.4 Å². The fourth-order valence-electron chi connectivity index (χ4n) is 3.86. The average Bonchev–Trinajstić information content (AvgIpc) is 2.92. The Labute approximate surface area is 179 Å². The molecule has 1 aromatic heterocycles. The van der Waals surface area contributed by atoms with Crippen molar-refractivity contribution >= 4 is 5.91 Å². The van der Waals surface area contributed by atoms with Gasteiger partial charge in [0.2, 0.25) is 5.91 Å². The van der Waals surface area contributed by atoms with Gasteiger partial charge in [0.15, 0.2) is 0 Å². The lowest BCUT2D eigenvalue weighted by Crippen LogP contribution is -2.36. The van der Waals surface area contributed by atoms with Crippen molar-refractivity contribution in [2.75, 3.05) is 0 Å². The van der Waals surface area contributed by atoms with Crippen LogP contribution in [0, 0.1) is 5.82 Å². The van der Waals surface area contributed by atoms with E-state index < -0.39 is 0 Å². The molecule has 0 aliphatic carbocycles. The number of rotatable bonds is 6. The highest BCUT2D eigenvalue weighted by atomic mass is 19.1. The predicted molar refractivity (Wildman–Crippen MR) is 113 cm³/mol. The number of hydrogen-bond donors (Lipinski definition) is 2. The maximum absolute atomic E-state index is 13.1. The van der Waals surface area contributed by atoms with Crippen LogP contribution < -0.4 is 11.0 Å². The Hall–Kier alpha value is -3.26. The maximum atomic E-state index is 13.1. The fraction of sp³-hybridized carbons (Fsp3) is 0.348. The Bertz CT molecular complexity index is 1100. The van der Waals surface area contributed by atoms with Gasteiger partial charge in [-0.2, -0.15) is 5.10 Å². The molecule has 2 N–H and O–H groups in total. The first-order valence-corrected chi connectivity index (χ1v) is 10.4. The Balaban J connectivity index is 1.35. The lowest BCUT2D eigenvalue weighted by atomic mass is 10.1. The summed E-state index contributed by atoms with van der Waals surface area (Å²) in [5.74, 6) is 0.338. The molecule has 162 valence electrons. The first-order valence-electron chi connectivity index (χ1n) is 10.4. The molecule has 1 atom stereocenters. The second-order valence-corrected chi connectivity index (χ2v) is 7.88. The van der Waals surface area contributed by atoms with E-state index >= 15 is 0 Å². The summed E-state index contributed by atoms with van der Waals surface area (Å²) in [5.41, 5.74) is 2.33. The molecule has 2 aromatic carbocycles. The van der Waals surface area contributed by atoms with Gasteiger partial charge in [-0.3, -0.25) is 9.36 Å². The third-order valence-corrected chi connectivity index (χ3v) is 5.60. The van der Waals surface area contributed by atoms with Crippen LogP contribution >= 0.6 is 0 Å². The average molecular weight is 424 g/mol. The van der Waals surface area contributed by atoms with Gasteiger partial charge >= 0.3 is 5.69 Å². The van der Waals surface area contributed by atoms with Crippen molar-refractivity contribution in [1.29, 1.82) is 0 Å². The van der Waals surface area contributed by atoms with E-state index in [0.29, 0.717) is 38.2 Å². The summed E-state index contributed by atoms with van der Waals surface area (Å²) in [6.45, 7) is 0.775. The van der Waals surface area contributed by atoms with Crippen molar-refractivity contribution in [3.05, 3.63) is 87.3 Å². The summed E-state index contributed by atoms with van der Waals surface area (Å²) in [7, 11) is 0. The van der Waals surface area contributed by atoms with E-state index in [1.54, 1.807) is 16.7 Å². The molecule has 1 amide bonds. The number of benzene rings is 2. The Morgan fingerprint density at radius 2 is 1.74 bits per heavy atom. The molecule has 2 heterocycles. The molecule has 1 aliphatic heterocycles. The summed E-state index contributed by atoms with van der Waals surface area (Å²) in [4.78, 5) is 25.2. The lowest BCUT2D eigenvalue weighted by Gasteiger charge is -2.16. The number of hydrogen-bond acceptors (Lipinski definition) is 4. The zero-order valence-electron chi connectivity index (χ0n) is 17.1. The molecule has 0 spiro atoms. The predicted octanol–water partition coefficient (Wildman–Crippen LogP) is 1.79. The summed E-state index contributed by atoms with van der Waals surface area (Å²) in [6.07, 6.45) is 2.24. The van der Waals surface area contributed by atoms with Gasteiger partial charge in [0.1, 0.15) is 11.6 Å². The standard InChI is InChI=1S/C23H25FN4O3/c24-19-7-5-17(6-8-19)14-28-23(31)27-12-11-20(9-10-21(27)26-28)25-22(30)13-16-1-3-18(15-29)4-2-16/h1-8,20,29H,9-15H2,(H,25,30). The smallest absolute Gasteiger partial charge is 0.346 e. The van der Waals surface area contributed by atoms with E-state index in [1.165, 1.54) is 16.8 Å². The molecular weight excluding hydrogens is 399 g/mol. The number of aliphatic hydroxyl groups excluding tert-OH is 1. The molecule has 0 fully saturated rings. The summed E-state index contributed by atoms with van der Waals surface area (Å²) < 4.78 is 16.2. The number of amides is 1. The second-order valence-electron chi connectivity index (χ2n) is 7.88. The molecule has 3 aromatic rings. The number of nitrogens with one attached hydrogen (secondary N) is 1. The third kappa shape index (κ3) is 5.08. The molecule has 31 heavy (non-hydrogen) atoms. The number of aryl methyl sites for hydroxylation is 1. The van der Waals surface area contributed by atoms with E-state index in [4.69, 9.17) is 5.11 Å². The second kappa shape index (κ2) is 9.26. The van der Waals surface area contributed by atoms with Crippen molar-refractivity contribution in [3.8, 4) is 0 Å². The maximum Gasteiger partial charge on any atom is 0.346 e. The van der Waals surface area contributed by atoms with Crippen molar-refractivity contribution < 1.29 is 14.3 Å². The van der Waals surface area contributed by atoms with E-state index in [1.807, 2.05) is 24.3 Å². The molecule has 7 nitrogen and oxygen atoms in total. The molecule has 8 heteroatoms. The number of fused-ring (bicyclic) bond motifs is 1. The van der Waals surface area contributed by atoms with Crippen LogP contribution in [-0.2, 0) is 37.3 Å². The number of halogens is 1. The Morgan fingerprint density at radius 1 is 1.06 bits per heavy atom. The first-order chi connectivity index (χ1) is 15.0. The highest BCUT2D eigenvalue weighted by molar-refractivity contribution is 5.78. The number of carbonyl (C=O) groups is 1. The highest BCUT2D eigenvalue weighted by Gasteiger charge is 2.22. The van der Waals surface area contributed by atoms with Gasteiger partial charge in [-0.05, 0) is 41.7 Å². The molecule has 0 bridgehead atoms. The van der Waals surface area contributed by atoms with Gasteiger partial charge in [0.25, 0.3) is 0 Å². The van der Waals surface area contributed by atoms with E-state index in [0.717, 1.165) is 16.7 Å². The van der Waals surface area contributed by atoms with Crippen LogP contribution in [0.1, 0.15) is 35.4 Å². The highest BCUT2D eigenvalue weighted by Crippen LogP contribution is 2.13. The summed E-state index contributed by atoms with van der Waals surface area (Å²) in [6, 6.07) is 13.3. The van der Waals surface area contributed by atoms with Gasteiger partial charge in [-0.1, -0.05) is 36.4 Å². The normalized spacial score (nSPS) is 15.9. The number of aliphatic hydroxyl groups is 1. The minimum absolute atomic E-state index is 0.0177. The van der Waals surface area contributed by atoms with Crippen molar-refractivity contribution in [1.82, 2.24) is 19.7 Å². The van der Waals surface area contributed by atoms with Gasteiger partial charge < -0.3 is 10.4 Å². The fourth-order valence-corrected chi connectivity index (χ4v) is 3.86. The van der Waals surface area contributed by atoms with Crippen LogP contribution in [0.15, 0.2) is 53.3 Å². The molecule has 0 saturated carbocycles. The van der Waals surface area contributed by atoms with Crippen LogP contribution in [0.3, 0.4) is 0 Å². The molecule has 0 saturated heterocycles. The summed E-state index contributed by atoms with van der Waals surface area (Å²) in [5, 5.41) is 16.6. The van der Waals surface area contributed by atoms with Crippen molar-refractivity contribution in [3.63, 3.8) is 0 Å². The van der Waals surface area contributed by atoms with Crippen molar-refractivity contribution in [2.24, 2.45) is 0 Å². The molecule has 4 rings (SSSR count). The molecule has 0 radical (unpaired) electrons. The van der Waals surface area contributed by atoms with Gasteiger partial charge in [0.05, 0.1) is 19.6 Å². The topological polar surface area (TPSA) is 89.2 Å². The van der Waals surface area contributed by atoms with Gasteiger partial charge in [-0.25, -0.2) is 13.9 Å². The van der Waals surface area contributed by atoms with Crippen LogP contribution in [0.25, 0.3) is 0 Å². The molecular formula is C23H25FN4O3. The Morgan fingerprint density at radius 3 is 2.45 bits per heavy atom. The zero-order chi connectivity index (χ0) is 21.8. The van der Waals surface area contributed by atoms with E-state index in [9.17, 15) is 14.0 Å². The largest absolute Gasteiger partial charge is 0.392 e. The minimum Gasteiger partial charge on any atom is -0.392 e. The lowest BCUT2D eigenvalue weighted by molar-refractivity contribution is -0.121. The van der Waals surface area contributed by atoms with Crippen LogP contribution in [0.2, 0.25) is 0 Å².